The van der Waals surface area contributed by atoms with Crippen molar-refractivity contribution in [1.82, 2.24) is 4.90 Å². The second kappa shape index (κ2) is 6.96. The van der Waals surface area contributed by atoms with Gasteiger partial charge in [0.2, 0.25) is 0 Å². The summed E-state index contributed by atoms with van der Waals surface area (Å²) in [7, 11) is 0. The van der Waals surface area contributed by atoms with Crippen LogP contribution in [0.15, 0.2) is 23.4 Å². The smallest absolute Gasteiger partial charge is 0.170 e. The Labute approximate surface area is 107 Å². The highest BCUT2D eigenvalue weighted by molar-refractivity contribution is 5.98. The zero-order valence-corrected chi connectivity index (χ0v) is 10.9. The molecule has 0 fully saturated rings. The molecule has 0 bridgehead atoms. The van der Waals surface area contributed by atoms with E-state index in [9.17, 15) is 4.39 Å². The van der Waals surface area contributed by atoms with Gasteiger partial charge in [-0.1, -0.05) is 25.1 Å². The molecule has 1 rings (SSSR count). The molecule has 0 aliphatic heterocycles. The molecule has 1 aromatic rings. The Hall–Kier alpha value is -1.62. The fourth-order valence-corrected chi connectivity index (χ4v) is 1.88. The van der Waals surface area contributed by atoms with Crippen LogP contribution in [-0.2, 0) is 6.54 Å². The minimum atomic E-state index is -0.390. The summed E-state index contributed by atoms with van der Waals surface area (Å²) in [6.45, 7) is 6.71. The zero-order chi connectivity index (χ0) is 13.5. The van der Waals surface area contributed by atoms with Gasteiger partial charge < -0.3 is 10.9 Å². The Balaban J connectivity index is 3.00. The summed E-state index contributed by atoms with van der Waals surface area (Å²) in [5.74, 6) is -0.448. The lowest BCUT2D eigenvalue weighted by Gasteiger charge is -2.21. The molecule has 3 N–H and O–H groups in total. The maximum absolute atomic E-state index is 13.2. The summed E-state index contributed by atoms with van der Waals surface area (Å²) in [6, 6.07) is 4.37. The number of oxime groups is 1. The minimum Gasteiger partial charge on any atom is -0.409 e. The first-order valence-corrected chi connectivity index (χ1v) is 6.11. The van der Waals surface area contributed by atoms with Crippen molar-refractivity contribution in [1.29, 1.82) is 0 Å². The van der Waals surface area contributed by atoms with Crippen molar-refractivity contribution in [2.75, 3.05) is 13.1 Å². The van der Waals surface area contributed by atoms with Crippen LogP contribution in [0.4, 0.5) is 4.39 Å². The molecule has 0 spiro atoms. The van der Waals surface area contributed by atoms with E-state index < -0.39 is 0 Å². The number of amidine groups is 1. The molecule has 0 aromatic heterocycles. The zero-order valence-electron chi connectivity index (χ0n) is 10.9. The molecule has 100 valence electrons. The highest BCUT2D eigenvalue weighted by Crippen LogP contribution is 2.14. The van der Waals surface area contributed by atoms with Crippen molar-refractivity contribution >= 4 is 5.84 Å². The molecule has 0 saturated carbocycles. The van der Waals surface area contributed by atoms with Gasteiger partial charge in [0.1, 0.15) is 5.82 Å². The number of nitrogens with zero attached hydrogens (tertiary/aromatic N) is 2. The molecule has 0 amide bonds. The Morgan fingerprint density at radius 1 is 1.44 bits per heavy atom. The highest BCUT2D eigenvalue weighted by atomic mass is 19.1. The third kappa shape index (κ3) is 3.70. The van der Waals surface area contributed by atoms with Gasteiger partial charge in [-0.2, -0.15) is 0 Å². The van der Waals surface area contributed by atoms with E-state index in [1.54, 1.807) is 6.07 Å². The second-order valence-corrected chi connectivity index (χ2v) is 4.16. The number of nitrogens with two attached hydrogens (primary N) is 1. The first-order valence-electron chi connectivity index (χ1n) is 6.11. The van der Waals surface area contributed by atoms with Gasteiger partial charge in [-0.3, -0.25) is 4.90 Å². The summed E-state index contributed by atoms with van der Waals surface area (Å²) in [6.07, 6.45) is 1.05. The number of rotatable bonds is 6. The normalized spacial score (nSPS) is 12.1. The number of hydrogen-bond donors (Lipinski definition) is 2. The predicted octanol–water partition coefficient (Wildman–Crippen LogP) is 2.15. The van der Waals surface area contributed by atoms with E-state index in [0.717, 1.165) is 25.1 Å². The van der Waals surface area contributed by atoms with Crippen molar-refractivity contribution in [3.05, 3.63) is 35.1 Å². The van der Waals surface area contributed by atoms with Crippen LogP contribution in [-0.4, -0.2) is 29.0 Å². The predicted molar refractivity (Wildman–Crippen MR) is 70.2 cm³/mol. The Bertz CT molecular complexity index is 421. The fourth-order valence-electron chi connectivity index (χ4n) is 1.88. The van der Waals surface area contributed by atoms with Crippen molar-refractivity contribution in [3.63, 3.8) is 0 Å². The molecule has 1 aromatic carbocycles. The van der Waals surface area contributed by atoms with Crippen LogP contribution in [0.25, 0.3) is 0 Å². The lowest BCUT2D eigenvalue weighted by Crippen LogP contribution is -2.26. The van der Waals surface area contributed by atoms with E-state index in [2.05, 4.69) is 23.9 Å². The highest BCUT2D eigenvalue weighted by Gasteiger charge is 2.11. The van der Waals surface area contributed by atoms with Crippen molar-refractivity contribution in [2.45, 2.75) is 26.8 Å². The average molecular weight is 253 g/mol. The van der Waals surface area contributed by atoms with E-state index in [-0.39, 0.29) is 11.7 Å². The van der Waals surface area contributed by atoms with Crippen molar-refractivity contribution < 1.29 is 9.60 Å². The molecular formula is C13H20FN3O. The van der Waals surface area contributed by atoms with Gasteiger partial charge in [-0.15, -0.1) is 0 Å². The van der Waals surface area contributed by atoms with Crippen LogP contribution in [0.1, 0.15) is 31.4 Å². The molecule has 0 unspecified atom stereocenters. The van der Waals surface area contributed by atoms with E-state index in [4.69, 9.17) is 10.9 Å². The van der Waals surface area contributed by atoms with Crippen LogP contribution in [0.3, 0.4) is 0 Å². The molecule has 0 saturated heterocycles. The summed E-state index contributed by atoms with van der Waals surface area (Å²) in [4.78, 5) is 2.22. The average Bonchev–Trinajstić information content (AvgIpc) is 2.39. The number of hydrogen-bond acceptors (Lipinski definition) is 3. The van der Waals surface area contributed by atoms with Crippen molar-refractivity contribution in [3.8, 4) is 0 Å². The SMILES string of the molecule is CCCN(CC)Cc1ccc(F)cc1/C(N)=N/O. The summed E-state index contributed by atoms with van der Waals surface area (Å²) in [5, 5.41) is 11.7. The molecule has 4 nitrogen and oxygen atoms in total. The van der Waals surface area contributed by atoms with Crippen molar-refractivity contribution in [2.24, 2.45) is 10.9 Å². The van der Waals surface area contributed by atoms with E-state index >= 15 is 0 Å². The molecule has 0 heterocycles. The van der Waals surface area contributed by atoms with E-state index in [1.165, 1.54) is 12.1 Å². The molecule has 5 heteroatoms. The maximum Gasteiger partial charge on any atom is 0.170 e. The monoisotopic (exact) mass is 253 g/mol. The largest absolute Gasteiger partial charge is 0.409 e. The summed E-state index contributed by atoms with van der Waals surface area (Å²) < 4.78 is 13.2. The van der Waals surface area contributed by atoms with Crippen LogP contribution in [0.5, 0.6) is 0 Å². The molecular weight excluding hydrogens is 233 g/mol. The molecule has 0 radical (unpaired) electrons. The Kier molecular flexibility index (Phi) is 5.58. The molecule has 0 aliphatic carbocycles. The lowest BCUT2D eigenvalue weighted by molar-refractivity contribution is 0.280. The Morgan fingerprint density at radius 2 is 2.17 bits per heavy atom. The van der Waals surface area contributed by atoms with Crippen LogP contribution in [0.2, 0.25) is 0 Å². The van der Waals surface area contributed by atoms with Crippen LogP contribution >= 0.6 is 0 Å². The fraction of sp³-hybridized carbons (Fsp3) is 0.462. The minimum absolute atomic E-state index is 0.0583. The van der Waals surface area contributed by atoms with Gasteiger partial charge in [0.15, 0.2) is 5.84 Å². The van der Waals surface area contributed by atoms with E-state index in [1.807, 2.05) is 0 Å². The quantitative estimate of drug-likeness (QED) is 0.353. The third-order valence-electron chi connectivity index (χ3n) is 2.84. The first kappa shape index (κ1) is 14.4. The van der Waals surface area contributed by atoms with E-state index in [0.29, 0.717) is 12.1 Å². The van der Waals surface area contributed by atoms with Crippen LogP contribution < -0.4 is 5.73 Å². The van der Waals surface area contributed by atoms with Gasteiger partial charge in [-0.05, 0) is 37.2 Å². The topological polar surface area (TPSA) is 61.8 Å². The number of halogens is 1. The third-order valence-corrected chi connectivity index (χ3v) is 2.84. The molecule has 18 heavy (non-hydrogen) atoms. The summed E-state index contributed by atoms with van der Waals surface area (Å²) >= 11 is 0. The van der Waals surface area contributed by atoms with Crippen LogP contribution in [0, 0.1) is 5.82 Å². The summed E-state index contributed by atoms with van der Waals surface area (Å²) in [5.41, 5.74) is 6.88. The number of benzene rings is 1. The first-order chi connectivity index (χ1) is 8.62. The van der Waals surface area contributed by atoms with Gasteiger partial charge in [0, 0.05) is 12.1 Å². The second-order valence-electron chi connectivity index (χ2n) is 4.16. The van der Waals surface area contributed by atoms with Gasteiger partial charge in [0.05, 0.1) is 0 Å². The molecule has 0 atom stereocenters. The maximum atomic E-state index is 13.2. The van der Waals surface area contributed by atoms with Gasteiger partial charge in [-0.25, -0.2) is 4.39 Å². The lowest BCUT2D eigenvalue weighted by atomic mass is 10.1. The molecule has 0 aliphatic rings. The standard InChI is InChI=1S/C13H20FN3O/c1-3-7-17(4-2)9-10-5-6-11(14)8-12(10)13(15)16-18/h5-6,8,18H,3-4,7,9H2,1-2H3,(H2,15,16). The Morgan fingerprint density at radius 3 is 2.72 bits per heavy atom. The van der Waals surface area contributed by atoms with Gasteiger partial charge >= 0.3 is 0 Å². The van der Waals surface area contributed by atoms with Gasteiger partial charge in [0.25, 0.3) is 0 Å².